The van der Waals surface area contributed by atoms with Gasteiger partial charge in [0.1, 0.15) is 22.3 Å². The monoisotopic (exact) mass is 481 g/mol. The van der Waals surface area contributed by atoms with E-state index in [1.165, 1.54) is 0 Å². The molecule has 4 aromatic carbocycles. The Bertz CT molecular complexity index is 1910. The van der Waals surface area contributed by atoms with Gasteiger partial charge in [0.25, 0.3) is 0 Å². The van der Waals surface area contributed by atoms with Crippen molar-refractivity contribution in [3.05, 3.63) is 89.2 Å². The molecule has 0 bridgehead atoms. The van der Waals surface area contributed by atoms with Gasteiger partial charge in [0.2, 0.25) is 5.28 Å². The van der Waals surface area contributed by atoms with Crippen molar-refractivity contribution < 1.29 is 8.83 Å². The fourth-order valence-corrected chi connectivity index (χ4v) is 4.86. The van der Waals surface area contributed by atoms with E-state index in [1.54, 1.807) is 6.07 Å². The molecule has 0 atom stereocenters. The number of fused-ring (bicyclic) bond motifs is 6. The lowest BCUT2D eigenvalue weighted by Gasteiger charge is -2.07. The van der Waals surface area contributed by atoms with Crippen molar-refractivity contribution in [3.63, 3.8) is 0 Å². The molecule has 0 N–H and O–H groups in total. The van der Waals surface area contributed by atoms with E-state index in [9.17, 15) is 0 Å². The topological polar surface area (TPSA) is 65.0 Å². The highest BCUT2D eigenvalue weighted by molar-refractivity contribution is 6.31. The zero-order chi connectivity index (χ0) is 22.8. The summed E-state index contributed by atoms with van der Waals surface area (Å²) in [5, 5.41) is 4.47. The Labute approximate surface area is 202 Å². The minimum atomic E-state index is 0.109. The summed E-state index contributed by atoms with van der Waals surface area (Å²) in [7, 11) is 0. The van der Waals surface area contributed by atoms with Crippen molar-refractivity contribution in [3.8, 4) is 22.8 Å². The second-order valence-corrected chi connectivity index (χ2v) is 8.72. The number of halogens is 2. The first-order valence-electron chi connectivity index (χ1n) is 10.6. The summed E-state index contributed by atoms with van der Waals surface area (Å²) in [6.45, 7) is 0. The van der Waals surface area contributed by atoms with E-state index < -0.39 is 0 Å². The summed E-state index contributed by atoms with van der Waals surface area (Å²) in [5.41, 5.74) is 4.60. The van der Waals surface area contributed by atoms with Gasteiger partial charge in [-0.05, 0) is 41.9 Å². The number of para-hydroxylation sites is 1. The van der Waals surface area contributed by atoms with Crippen LogP contribution in [0.2, 0.25) is 10.3 Å². The summed E-state index contributed by atoms with van der Waals surface area (Å²) >= 11 is 12.6. The lowest BCUT2D eigenvalue weighted by Crippen LogP contribution is -1.98. The van der Waals surface area contributed by atoms with Gasteiger partial charge in [-0.25, -0.2) is 4.98 Å². The largest absolute Gasteiger partial charge is 0.456 e. The minimum Gasteiger partial charge on any atom is -0.456 e. The minimum absolute atomic E-state index is 0.109. The van der Waals surface area contributed by atoms with Crippen LogP contribution in [0.15, 0.2) is 87.7 Å². The highest BCUT2D eigenvalue weighted by Gasteiger charge is 2.19. The van der Waals surface area contributed by atoms with Gasteiger partial charge in [-0.1, -0.05) is 54.1 Å². The molecule has 7 heteroatoms. The summed E-state index contributed by atoms with van der Waals surface area (Å²) < 4.78 is 12.1. The van der Waals surface area contributed by atoms with Gasteiger partial charge < -0.3 is 8.83 Å². The van der Waals surface area contributed by atoms with Crippen LogP contribution >= 0.6 is 23.2 Å². The number of hydrogen-bond donors (Lipinski definition) is 0. The molecule has 5 nitrogen and oxygen atoms in total. The van der Waals surface area contributed by atoms with Crippen LogP contribution in [0.1, 0.15) is 0 Å². The van der Waals surface area contributed by atoms with Crippen molar-refractivity contribution in [2.75, 3.05) is 0 Å². The fraction of sp³-hybridized carbons (Fsp3) is 0. The van der Waals surface area contributed by atoms with Gasteiger partial charge in [-0.2, -0.15) is 9.97 Å². The van der Waals surface area contributed by atoms with Crippen molar-refractivity contribution in [1.82, 2.24) is 15.0 Å². The zero-order valence-electron chi connectivity index (χ0n) is 17.4. The highest BCUT2D eigenvalue weighted by Crippen LogP contribution is 2.39. The third-order valence-corrected chi connectivity index (χ3v) is 6.36. The first-order chi connectivity index (χ1) is 16.7. The average molecular weight is 482 g/mol. The Balaban J connectivity index is 1.51. The van der Waals surface area contributed by atoms with E-state index in [-0.39, 0.29) is 5.28 Å². The van der Waals surface area contributed by atoms with Gasteiger partial charge in [0, 0.05) is 43.8 Å². The standard InChI is InChI=1S/C27H13Cl2N3O2/c28-14-11-12-16-22(13-14)34-21-10-4-7-18(24(16)21)26-30-25(31-27(29)32-26)17-6-3-9-20-23(17)15-5-1-2-8-19(15)33-20/h1-13H. The van der Waals surface area contributed by atoms with Crippen molar-refractivity contribution in [2.45, 2.75) is 0 Å². The molecule has 3 aromatic heterocycles. The molecule has 34 heavy (non-hydrogen) atoms. The van der Waals surface area contributed by atoms with E-state index >= 15 is 0 Å². The molecule has 0 saturated carbocycles. The maximum Gasteiger partial charge on any atom is 0.226 e. The highest BCUT2D eigenvalue weighted by atomic mass is 35.5. The lowest BCUT2D eigenvalue weighted by atomic mass is 10.0. The molecule has 7 rings (SSSR count). The van der Waals surface area contributed by atoms with Crippen LogP contribution in [-0.2, 0) is 0 Å². The molecule has 3 heterocycles. The van der Waals surface area contributed by atoms with Crippen LogP contribution in [0, 0.1) is 0 Å². The van der Waals surface area contributed by atoms with Gasteiger partial charge in [0.15, 0.2) is 11.6 Å². The normalized spacial score (nSPS) is 11.8. The van der Waals surface area contributed by atoms with Crippen molar-refractivity contribution >= 4 is 67.1 Å². The third-order valence-electron chi connectivity index (χ3n) is 5.95. The van der Waals surface area contributed by atoms with Crippen LogP contribution in [0.25, 0.3) is 66.7 Å². The Hall–Kier alpha value is -3.93. The van der Waals surface area contributed by atoms with Gasteiger partial charge in [-0.15, -0.1) is 0 Å². The molecule has 0 unspecified atom stereocenters. The Kier molecular flexibility index (Phi) is 4.19. The number of rotatable bonds is 2. The Morgan fingerprint density at radius 1 is 0.529 bits per heavy atom. The van der Waals surface area contributed by atoms with E-state index in [0.717, 1.165) is 49.4 Å². The van der Waals surface area contributed by atoms with E-state index in [2.05, 4.69) is 9.97 Å². The molecule has 7 aromatic rings. The molecule has 0 aliphatic rings. The predicted octanol–water partition coefficient (Wildman–Crippen LogP) is 8.31. The molecule has 0 aliphatic carbocycles. The predicted molar refractivity (Wildman–Crippen MR) is 135 cm³/mol. The fourth-order valence-electron chi connectivity index (χ4n) is 4.54. The lowest BCUT2D eigenvalue weighted by molar-refractivity contribution is 0.668. The van der Waals surface area contributed by atoms with Crippen molar-refractivity contribution in [2.24, 2.45) is 0 Å². The quantitative estimate of drug-likeness (QED) is 0.248. The zero-order valence-corrected chi connectivity index (χ0v) is 18.9. The summed E-state index contributed by atoms with van der Waals surface area (Å²) in [6.07, 6.45) is 0. The van der Waals surface area contributed by atoms with E-state index in [4.69, 9.17) is 37.0 Å². The molecular formula is C27H13Cl2N3O2. The second kappa shape index (κ2) is 7.29. The Morgan fingerprint density at radius 3 is 1.82 bits per heavy atom. The molecule has 0 radical (unpaired) electrons. The summed E-state index contributed by atoms with van der Waals surface area (Å²) in [4.78, 5) is 13.8. The second-order valence-electron chi connectivity index (χ2n) is 7.95. The number of furan rings is 2. The number of aromatic nitrogens is 3. The first-order valence-corrected chi connectivity index (χ1v) is 11.3. The molecule has 162 valence electrons. The maximum absolute atomic E-state index is 6.43. The summed E-state index contributed by atoms with van der Waals surface area (Å²) in [5.74, 6) is 0.933. The number of benzene rings is 4. The van der Waals surface area contributed by atoms with Crippen molar-refractivity contribution in [1.29, 1.82) is 0 Å². The molecule has 0 fully saturated rings. The molecular weight excluding hydrogens is 469 g/mol. The summed E-state index contributed by atoms with van der Waals surface area (Å²) in [6, 6.07) is 25.1. The average Bonchev–Trinajstić information content (AvgIpc) is 3.41. The number of nitrogens with zero attached hydrogens (tertiary/aromatic N) is 3. The van der Waals surface area contributed by atoms with E-state index in [1.807, 2.05) is 72.8 Å². The Morgan fingerprint density at radius 2 is 1.12 bits per heavy atom. The van der Waals surface area contributed by atoms with Crippen LogP contribution in [0.5, 0.6) is 0 Å². The van der Waals surface area contributed by atoms with Crippen LogP contribution in [-0.4, -0.2) is 15.0 Å². The maximum atomic E-state index is 6.43. The van der Waals surface area contributed by atoms with E-state index in [0.29, 0.717) is 22.3 Å². The SMILES string of the molecule is Clc1ccc2c(c1)oc1cccc(-c3nc(Cl)nc(-c4cccc5oc6ccccc6c45)n3)c12. The van der Waals surface area contributed by atoms with Gasteiger partial charge in [0.05, 0.1) is 0 Å². The molecule has 0 spiro atoms. The van der Waals surface area contributed by atoms with Crippen LogP contribution < -0.4 is 0 Å². The molecule has 0 saturated heterocycles. The van der Waals surface area contributed by atoms with Gasteiger partial charge >= 0.3 is 0 Å². The van der Waals surface area contributed by atoms with Crippen LogP contribution in [0.4, 0.5) is 0 Å². The number of hydrogen-bond acceptors (Lipinski definition) is 5. The smallest absolute Gasteiger partial charge is 0.226 e. The van der Waals surface area contributed by atoms with Gasteiger partial charge in [-0.3, -0.25) is 0 Å². The molecule has 0 amide bonds. The third kappa shape index (κ3) is 2.91. The molecule has 0 aliphatic heterocycles. The first kappa shape index (κ1) is 19.5. The van der Waals surface area contributed by atoms with Crippen LogP contribution in [0.3, 0.4) is 0 Å².